The molecule has 0 aromatic heterocycles. The van der Waals surface area contributed by atoms with E-state index >= 15 is 0 Å². The Morgan fingerprint density at radius 2 is 1.10 bits per heavy atom. The molecule has 0 bridgehead atoms. The van der Waals surface area contributed by atoms with Gasteiger partial charge in [-0.1, -0.05) is 84.6 Å². The average Bonchev–Trinajstić information content (AvgIpc) is 3.03. The summed E-state index contributed by atoms with van der Waals surface area (Å²) in [5, 5.41) is 0. The quantitative estimate of drug-likeness (QED) is 0.206. The van der Waals surface area contributed by atoms with Crippen LogP contribution in [0.1, 0.15) is 0 Å². The minimum absolute atomic E-state index is 0.0629. The summed E-state index contributed by atoms with van der Waals surface area (Å²) in [7, 11) is 0. The van der Waals surface area contributed by atoms with E-state index in [0.29, 0.717) is 0 Å². The molecular formula is C36H22BNO2S. The van der Waals surface area contributed by atoms with Crippen molar-refractivity contribution in [3.05, 3.63) is 133 Å². The first-order valence-electron chi connectivity index (χ1n) is 13.8. The smallest absolute Gasteiger partial charge is 0.260 e. The number of hydrogen-bond donors (Lipinski definition) is 0. The fourth-order valence-electron chi connectivity index (χ4n) is 6.38. The molecule has 0 unspecified atom stereocenters. The van der Waals surface area contributed by atoms with Gasteiger partial charge in [0.2, 0.25) is 0 Å². The van der Waals surface area contributed by atoms with Crippen molar-refractivity contribution >= 4 is 51.9 Å². The van der Waals surface area contributed by atoms with Gasteiger partial charge in [-0.2, -0.15) is 0 Å². The zero-order valence-corrected chi connectivity index (χ0v) is 22.8. The Kier molecular flexibility index (Phi) is 4.93. The lowest BCUT2D eigenvalue weighted by molar-refractivity contribution is 0.465. The van der Waals surface area contributed by atoms with E-state index in [4.69, 9.17) is 9.47 Å². The summed E-state index contributed by atoms with van der Waals surface area (Å²) in [6.07, 6.45) is 0. The third-order valence-corrected chi connectivity index (χ3v) is 9.34. The maximum Gasteiger partial charge on any atom is 0.260 e. The molecule has 6 aromatic carbocycles. The van der Waals surface area contributed by atoms with Crippen LogP contribution in [0, 0.1) is 0 Å². The molecule has 192 valence electrons. The summed E-state index contributed by atoms with van der Waals surface area (Å²) in [5.41, 5.74) is 9.14. The zero-order valence-electron chi connectivity index (χ0n) is 22.0. The van der Waals surface area contributed by atoms with Crippen molar-refractivity contribution in [3.63, 3.8) is 0 Å². The molecule has 0 saturated heterocycles. The van der Waals surface area contributed by atoms with Gasteiger partial charge in [0, 0.05) is 26.5 Å². The Bertz CT molecular complexity index is 1950. The van der Waals surface area contributed by atoms with Crippen LogP contribution in [-0.4, -0.2) is 6.71 Å². The van der Waals surface area contributed by atoms with Crippen molar-refractivity contribution in [1.29, 1.82) is 0 Å². The number of ether oxygens (including phenoxy) is 2. The first kappa shape index (κ1) is 22.9. The molecule has 0 amide bonds. The van der Waals surface area contributed by atoms with Gasteiger partial charge in [-0.25, -0.2) is 0 Å². The van der Waals surface area contributed by atoms with Gasteiger partial charge in [-0.15, -0.1) is 0 Å². The van der Waals surface area contributed by atoms with E-state index in [9.17, 15) is 0 Å². The topological polar surface area (TPSA) is 21.7 Å². The van der Waals surface area contributed by atoms with Gasteiger partial charge in [0.1, 0.15) is 23.0 Å². The third kappa shape index (κ3) is 3.42. The molecule has 41 heavy (non-hydrogen) atoms. The van der Waals surface area contributed by atoms with Crippen molar-refractivity contribution in [2.45, 2.75) is 9.79 Å². The highest BCUT2D eigenvalue weighted by molar-refractivity contribution is 7.99. The van der Waals surface area contributed by atoms with Crippen molar-refractivity contribution in [2.24, 2.45) is 0 Å². The highest BCUT2D eigenvalue weighted by Gasteiger charge is 2.40. The second-order valence-corrected chi connectivity index (χ2v) is 11.6. The van der Waals surface area contributed by atoms with Gasteiger partial charge in [0.25, 0.3) is 6.71 Å². The Labute approximate surface area is 243 Å². The summed E-state index contributed by atoms with van der Waals surface area (Å²) >= 11 is 1.83. The standard InChI is InChI=1S/C36H22BNO2S/c1-5-13-30-26(9-1)37-27-10-2-6-14-31(27)40-36-25(21-22-32(39-30)35(36)37)23-17-19-24(20-18-23)38-28-11-3-7-15-33(28)41-34-16-8-4-12-29(34)38/h1-22H. The molecule has 0 saturated carbocycles. The monoisotopic (exact) mass is 543 g/mol. The number of rotatable bonds is 2. The van der Waals surface area contributed by atoms with E-state index in [1.165, 1.54) is 32.1 Å². The zero-order chi connectivity index (χ0) is 26.9. The van der Waals surface area contributed by atoms with Crippen LogP contribution < -0.4 is 30.8 Å². The van der Waals surface area contributed by atoms with Crippen molar-refractivity contribution in [1.82, 2.24) is 0 Å². The average molecular weight is 543 g/mol. The van der Waals surface area contributed by atoms with Gasteiger partial charge < -0.3 is 14.4 Å². The molecule has 6 aromatic rings. The first-order chi connectivity index (χ1) is 20.3. The number of nitrogens with zero attached hydrogens (tertiary/aromatic N) is 1. The molecule has 5 heteroatoms. The molecule has 3 aliphatic rings. The second-order valence-electron chi connectivity index (χ2n) is 10.5. The first-order valence-corrected chi connectivity index (χ1v) is 14.6. The Hall–Kier alpha value is -4.87. The highest BCUT2D eigenvalue weighted by Crippen LogP contribution is 2.51. The Balaban J connectivity index is 1.18. The van der Waals surface area contributed by atoms with Crippen molar-refractivity contribution < 1.29 is 9.47 Å². The number of para-hydroxylation sites is 4. The molecule has 9 rings (SSSR count). The molecule has 0 aliphatic carbocycles. The summed E-state index contributed by atoms with van der Waals surface area (Å²) in [5.74, 6) is 3.54. The number of benzene rings is 6. The van der Waals surface area contributed by atoms with E-state index in [1.54, 1.807) is 0 Å². The van der Waals surface area contributed by atoms with E-state index < -0.39 is 0 Å². The lowest BCUT2D eigenvalue weighted by Gasteiger charge is -2.34. The van der Waals surface area contributed by atoms with E-state index in [2.05, 4.69) is 126 Å². The molecule has 3 aliphatic heterocycles. The lowest BCUT2D eigenvalue weighted by Crippen LogP contribution is -2.57. The van der Waals surface area contributed by atoms with E-state index in [1.807, 2.05) is 23.9 Å². The predicted octanol–water partition coefficient (Wildman–Crippen LogP) is 8.02. The fraction of sp³-hybridized carbons (Fsp3) is 0. The molecule has 0 radical (unpaired) electrons. The number of hydrogen-bond acceptors (Lipinski definition) is 4. The Morgan fingerprint density at radius 3 is 1.78 bits per heavy atom. The largest absolute Gasteiger partial charge is 0.458 e. The van der Waals surface area contributed by atoms with Gasteiger partial charge in [0.05, 0.1) is 11.4 Å². The molecule has 0 atom stereocenters. The highest BCUT2D eigenvalue weighted by atomic mass is 32.2. The molecule has 3 nitrogen and oxygen atoms in total. The molecule has 0 N–H and O–H groups in total. The van der Waals surface area contributed by atoms with Crippen LogP contribution in [0.3, 0.4) is 0 Å². The summed E-state index contributed by atoms with van der Waals surface area (Å²) in [6, 6.07) is 47.0. The molecule has 0 spiro atoms. The Morgan fingerprint density at radius 1 is 0.512 bits per heavy atom. The summed E-state index contributed by atoms with van der Waals surface area (Å²) < 4.78 is 13.1. The van der Waals surface area contributed by atoms with Gasteiger partial charge in [-0.05, 0) is 77.2 Å². The van der Waals surface area contributed by atoms with Gasteiger partial charge in [0.15, 0.2) is 0 Å². The minimum atomic E-state index is 0.0629. The van der Waals surface area contributed by atoms with Crippen LogP contribution in [-0.2, 0) is 0 Å². The fourth-order valence-corrected chi connectivity index (χ4v) is 7.44. The number of fused-ring (bicyclic) bond motifs is 6. The van der Waals surface area contributed by atoms with Crippen LogP contribution in [0.5, 0.6) is 23.0 Å². The second kappa shape index (κ2) is 8.82. The normalized spacial score (nSPS) is 13.6. The maximum absolute atomic E-state index is 6.67. The molecule has 3 heterocycles. The lowest BCUT2D eigenvalue weighted by atomic mass is 9.34. The molecule has 0 fully saturated rings. The van der Waals surface area contributed by atoms with Crippen LogP contribution >= 0.6 is 11.8 Å². The predicted molar refractivity (Wildman–Crippen MR) is 168 cm³/mol. The van der Waals surface area contributed by atoms with Crippen LogP contribution in [0.4, 0.5) is 17.1 Å². The minimum Gasteiger partial charge on any atom is -0.458 e. The number of anilines is 3. The van der Waals surface area contributed by atoms with Gasteiger partial charge >= 0.3 is 0 Å². The van der Waals surface area contributed by atoms with Gasteiger partial charge in [-0.3, -0.25) is 0 Å². The van der Waals surface area contributed by atoms with Crippen LogP contribution in [0.2, 0.25) is 0 Å². The van der Waals surface area contributed by atoms with E-state index in [-0.39, 0.29) is 6.71 Å². The summed E-state index contributed by atoms with van der Waals surface area (Å²) in [6.45, 7) is 0.0629. The van der Waals surface area contributed by atoms with Crippen molar-refractivity contribution in [2.75, 3.05) is 4.90 Å². The van der Waals surface area contributed by atoms with Crippen LogP contribution in [0.15, 0.2) is 143 Å². The summed E-state index contributed by atoms with van der Waals surface area (Å²) in [4.78, 5) is 4.87. The van der Waals surface area contributed by atoms with Crippen LogP contribution in [0.25, 0.3) is 11.1 Å². The van der Waals surface area contributed by atoms with E-state index in [0.717, 1.165) is 45.3 Å². The maximum atomic E-state index is 6.67. The third-order valence-electron chi connectivity index (χ3n) is 8.21. The SMILES string of the molecule is c1ccc2c(c1)Oc1ccc(-c3ccc(N4c5ccccc5Sc5ccccc54)cc3)c3c1B2c1ccccc1O3. The molecular weight excluding hydrogens is 521 g/mol. The van der Waals surface area contributed by atoms with Crippen molar-refractivity contribution in [3.8, 4) is 34.1 Å².